The minimum absolute atomic E-state index is 0.0212. The summed E-state index contributed by atoms with van der Waals surface area (Å²) in [6.07, 6.45) is 3.21. The second-order valence-corrected chi connectivity index (χ2v) is 6.42. The Kier molecular flexibility index (Phi) is 9.99. The summed E-state index contributed by atoms with van der Waals surface area (Å²) in [4.78, 5) is 0. The van der Waals surface area contributed by atoms with Crippen molar-refractivity contribution in [3.05, 3.63) is 0 Å². The molecule has 0 bridgehead atoms. The Morgan fingerprint density at radius 3 is 1.80 bits per heavy atom. The number of thioether (sulfide) groups is 2. The quantitative estimate of drug-likeness (QED) is 0.187. The zero-order valence-electron chi connectivity index (χ0n) is 11.8. The van der Waals surface area contributed by atoms with Crippen LogP contribution in [-0.2, 0) is 0 Å². The predicted molar refractivity (Wildman–Crippen MR) is 86.1 cm³/mol. The van der Waals surface area contributed by atoms with Gasteiger partial charge in [-0.1, -0.05) is 50.2 Å². The standard InChI is InChI=1S/C10H22N8S2/c1-3-4-5-10(2,6-19-8(15-11)16-12)7-20-9(17-13)18-14/h11,13H,3-7,12,14H2,1-2H3. The van der Waals surface area contributed by atoms with Crippen LogP contribution in [0.1, 0.15) is 33.1 Å². The van der Waals surface area contributed by atoms with E-state index in [1.165, 1.54) is 23.5 Å². The van der Waals surface area contributed by atoms with Gasteiger partial charge in [0.25, 0.3) is 0 Å². The molecule has 0 aromatic rings. The molecule has 0 aliphatic carbocycles. The van der Waals surface area contributed by atoms with Crippen molar-refractivity contribution in [3.8, 4) is 0 Å². The van der Waals surface area contributed by atoms with Crippen molar-refractivity contribution in [2.45, 2.75) is 33.1 Å². The SMILES string of the molecule is CCCCC(C)(CSC(N=N)=NN)CSC(N=N)=NN. The highest BCUT2D eigenvalue weighted by Crippen LogP contribution is 2.33. The second kappa shape index (κ2) is 10.6. The maximum absolute atomic E-state index is 6.95. The summed E-state index contributed by atoms with van der Waals surface area (Å²) in [6, 6.07) is 0. The van der Waals surface area contributed by atoms with E-state index in [4.69, 9.17) is 22.7 Å². The summed E-state index contributed by atoms with van der Waals surface area (Å²) >= 11 is 2.71. The Labute approximate surface area is 127 Å². The molecule has 6 N–H and O–H groups in total. The van der Waals surface area contributed by atoms with Crippen LogP contribution >= 0.6 is 23.5 Å². The van der Waals surface area contributed by atoms with E-state index in [9.17, 15) is 0 Å². The highest BCUT2D eigenvalue weighted by molar-refractivity contribution is 8.14. The molecule has 0 fully saturated rings. The molecule has 0 amide bonds. The van der Waals surface area contributed by atoms with Crippen LogP contribution in [0.5, 0.6) is 0 Å². The molecular formula is C10H22N8S2. The van der Waals surface area contributed by atoms with E-state index in [1.54, 1.807) is 0 Å². The third kappa shape index (κ3) is 7.43. The minimum atomic E-state index is -0.0212. The number of hydrogen-bond donors (Lipinski definition) is 4. The number of hydrogen-bond acceptors (Lipinski definition) is 8. The Morgan fingerprint density at radius 2 is 1.50 bits per heavy atom. The lowest BCUT2D eigenvalue weighted by Crippen LogP contribution is -2.24. The molecule has 0 rings (SSSR count). The van der Waals surface area contributed by atoms with Gasteiger partial charge in [0, 0.05) is 11.5 Å². The van der Waals surface area contributed by atoms with Crippen LogP contribution < -0.4 is 11.7 Å². The molecule has 0 aliphatic rings. The van der Waals surface area contributed by atoms with Gasteiger partial charge in [-0.05, 0) is 11.8 Å². The van der Waals surface area contributed by atoms with Crippen LogP contribution in [-0.4, -0.2) is 21.8 Å². The number of nitrogens with two attached hydrogens (primary N) is 2. The smallest absolute Gasteiger partial charge is 0.226 e. The van der Waals surface area contributed by atoms with Crippen LogP contribution in [0.4, 0.5) is 0 Å². The largest absolute Gasteiger partial charge is 0.321 e. The normalized spacial score (nSPS) is 15.7. The summed E-state index contributed by atoms with van der Waals surface area (Å²) in [5, 5.41) is 13.9. The van der Waals surface area contributed by atoms with Gasteiger partial charge in [-0.15, -0.1) is 10.2 Å². The number of nitrogens with one attached hydrogen (secondary N) is 2. The molecule has 0 saturated carbocycles. The number of amidine groups is 2. The molecule has 10 heteroatoms. The van der Waals surface area contributed by atoms with E-state index in [1.807, 2.05) is 0 Å². The molecule has 0 aliphatic heterocycles. The zero-order valence-corrected chi connectivity index (χ0v) is 13.4. The molecule has 0 aromatic carbocycles. The second-order valence-electron chi connectivity index (χ2n) is 4.54. The first-order valence-corrected chi connectivity index (χ1v) is 8.08. The van der Waals surface area contributed by atoms with Gasteiger partial charge in [-0.2, -0.15) is 10.2 Å². The molecule has 0 unspecified atom stereocenters. The van der Waals surface area contributed by atoms with Gasteiger partial charge in [-0.3, -0.25) is 0 Å². The molecule has 0 radical (unpaired) electrons. The van der Waals surface area contributed by atoms with Crippen molar-refractivity contribution in [1.82, 2.24) is 0 Å². The summed E-state index contributed by atoms with van der Waals surface area (Å²) in [6.45, 7) is 4.28. The van der Waals surface area contributed by atoms with Crippen molar-refractivity contribution in [2.24, 2.45) is 37.5 Å². The summed E-state index contributed by atoms with van der Waals surface area (Å²) in [5.41, 5.74) is 13.9. The van der Waals surface area contributed by atoms with Crippen molar-refractivity contribution in [2.75, 3.05) is 11.5 Å². The Bertz CT molecular complexity index is 340. The van der Waals surface area contributed by atoms with Gasteiger partial charge in [0.2, 0.25) is 10.3 Å². The van der Waals surface area contributed by atoms with Crippen LogP contribution in [0.2, 0.25) is 0 Å². The summed E-state index contributed by atoms with van der Waals surface area (Å²) in [7, 11) is 0. The number of hydrazone groups is 2. The molecule has 0 spiro atoms. The summed E-state index contributed by atoms with van der Waals surface area (Å²) < 4.78 is 0. The fourth-order valence-electron chi connectivity index (χ4n) is 1.46. The van der Waals surface area contributed by atoms with E-state index in [-0.39, 0.29) is 15.8 Å². The van der Waals surface area contributed by atoms with Gasteiger partial charge >= 0.3 is 0 Å². The fraction of sp³-hybridized carbons (Fsp3) is 0.800. The topological polar surface area (TPSA) is 149 Å². The van der Waals surface area contributed by atoms with Gasteiger partial charge in [-0.25, -0.2) is 11.1 Å². The van der Waals surface area contributed by atoms with Crippen LogP contribution in [0.25, 0.3) is 0 Å². The number of rotatable bonds is 7. The van der Waals surface area contributed by atoms with Gasteiger partial charge in [0.05, 0.1) is 0 Å². The zero-order chi connectivity index (χ0) is 15.4. The van der Waals surface area contributed by atoms with Crippen molar-refractivity contribution >= 4 is 33.9 Å². The molecular weight excluding hydrogens is 296 g/mol. The van der Waals surface area contributed by atoms with Crippen LogP contribution in [0.15, 0.2) is 20.4 Å². The van der Waals surface area contributed by atoms with Gasteiger partial charge in [0.1, 0.15) is 0 Å². The van der Waals surface area contributed by atoms with Crippen molar-refractivity contribution < 1.29 is 0 Å². The van der Waals surface area contributed by atoms with E-state index in [2.05, 4.69) is 34.3 Å². The maximum Gasteiger partial charge on any atom is 0.226 e. The van der Waals surface area contributed by atoms with Crippen LogP contribution in [0, 0.1) is 16.5 Å². The highest BCUT2D eigenvalue weighted by atomic mass is 32.2. The number of nitrogens with zero attached hydrogens (tertiary/aromatic N) is 4. The first kappa shape index (κ1) is 18.8. The number of unbranched alkanes of at least 4 members (excludes halogenated alkanes) is 1. The average molecular weight is 318 g/mol. The molecule has 8 nitrogen and oxygen atoms in total. The first-order valence-electron chi connectivity index (χ1n) is 6.11. The Morgan fingerprint density at radius 1 is 1.05 bits per heavy atom. The molecule has 0 atom stereocenters. The summed E-state index contributed by atoms with van der Waals surface area (Å²) in [5.74, 6) is 11.8. The molecule has 0 heterocycles. The lowest BCUT2D eigenvalue weighted by molar-refractivity contribution is 0.382. The third-order valence-electron chi connectivity index (χ3n) is 2.65. The molecule has 0 aromatic heterocycles. The molecule has 114 valence electrons. The lowest BCUT2D eigenvalue weighted by Gasteiger charge is -2.28. The Hall–Kier alpha value is -1.16. The van der Waals surface area contributed by atoms with E-state index >= 15 is 0 Å². The monoisotopic (exact) mass is 318 g/mol. The van der Waals surface area contributed by atoms with E-state index in [0.717, 1.165) is 30.8 Å². The Balaban J connectivity index is 4.64. The van der Waals surface area contributed by atoms with E-state index < -0.39 is 0 Å². The minimum Gasteiger partial charge on any atom is -0.321 e. The molecule has 20 heavy (non-hydrogen) atoms. The fourth-order valence-corrected chi connectivity index (χ4v) is 3.32. The maximum atomic E-state index is 6.95. The predicted octanol–water partition coefficient (Wildman–Crippen LogP) is 3.17. The lowest BCUT2D eigenvalue weighted by atomic mass is 9.89. The first-order chi connectivity index (χ1) is 9.55. The van der Waals surface area contributed by atoms with Gasteiger partial charge in [0.15, 0.2) is 0 Å². The van der Waals surface area contributed by atoms with Crippen molar-refractivity contribution in [3.63, 3.8) is 0 Å². The van der Waals surface area contributed by atoms with Crippen LogP contribution in [0.3, 0.4) is 0 Å². The molecule has 0 saturated heterocycles. The van der Waals surface area contributed by atoms with Crippen molar-refractivity contribution in [1.29, 1.82) is 11.1 Å². The highest BCUT2D eigenvalue weighted by Gasteiger charge is 2.26. The van der Waals surface area contributed by atoms with E-state index in [0.29, 0.717) is 0 Å². The average Bonchev–Trinajstić information content (AvgIpc) is 2.47. The van der Waals surface area contributed by atoms with Gasteiger partial charge < -0.3 is 11.7 Å². The third-order valence-corrected chi connectivity index (χ3v) is 5.24.